The van der Waals surface area contributed by atoms with Gasteiger partial charge in [-0.3, -0.25) is 9.59 Å². The van der Waals surface area contributed by atoms with Crippen molar-refractivity contribution in [3.63, 3.8) is 0 Å². The third-order valence-electron chi connectivity index (χ3n) is 5.81. The van der Waals surface area contributed by atoms with Gasteiger partial charge in [0.1, 0.15) is 5.75 Å². The molecule has 0 fully saturated rings. The summed E-state index contributed by atoms with van der Waals surface area (Å²) in [5.41, 5.74) is 6.22. The summed E-state index contributed by atoms with van der Waals surface area (Å²) < 4.78 is 17.1. The quantitative estimate of drug-likeness (QED) is 0.826. The zero-order valence-electron chi connectivity index (χ0n) is 15.2. The van der Waals surface area contributed by atoms with Crippen LogP contribution in [0, 0.1) is 0 Å². The maximum Gasteiger partial charge on any atom is 0.286 e. The highest BCUT2D eigenvalue weighted by Crippen LogP contribution is 2.39. The first-order chi connectivity index (χ1) is 13.4. The van der Waals surface area contributed by atoms with Gasteiger partial charge in [-0.05, 0) is 79.0 Å². The molecule has 144 valence electrons. The van der Waals surface area contributed by atoms with Crippen molar-refractivity contribution in [1.82, 2.24) is 0 Å². The third kappa shape index (κ3) is 2.78. The van der Waals surface area contributed by atoms with E-state index in [4.69, 9.17) is 11.6 Å². The normalized spacial score (nSPS) is 21.8. The summed E-state index contributed by atoms with van der Waals surface area (Å²) in [6, 6.07) is 6.87. The monoisotopic (exact) mass is 414 g/mol. The van der Waals surface area contributed by atoms with Crippen LogP contribution >= 0.6 is 11.6 Å². The van der Waals surface area contributed by atoms with E-state index in [0.717, 1.165) is 44.2 Å². The maximum absolute atomic E-state index is 13.3. The summed E-state index contributed by atoms with van der Waals surface area (Å²) in [7, 11) is -3.12. The molecule has 2 aromatic carbocycles. The number of nitrogens with zero attached hydrogens (tertiary/aromatic N) is 1. The van der Waals surface area contributed by atoms with E-state index in [1.807, 2.05) is 0 Å². The number of hydrogen-bond acceptors (Lipinski definition) is 3. The van der Waals surface area contributed by atoms with Crippen LogP contribution in [0.5, 0.6) is 0 Å². The van der Waals surface area contributed by atoms with Gasteiger partial charge in [0.2, 0.25) is 5.91 Å². The molecule has 0 aromatic heterocycles. The van der Waals surface area contributed by atoms with Crippen molar-refractivity contribution in [2.45, 2.75) is 43.4 Å². The van der Waals surface area contributed by atoms with Crippen LogP contribution in [0.2, 0.25) is 5.02 Å². The number of amides is 2. The van der Waals surface area contributed by atoms with Crippen molar-refractivity contribution in [3.8, 4) is 0 Å². The molecule has 2 amide bonds. The van der Waals surface area contributed by atoms with Crippen LogP contribution in [0.25, 0.3) is 0 Å². The summed E-state index contributed by atoms with van der Waals surface area (Å²) in [4.78, 5) is 25.3. The number of hydrogen-bond donors (Lipinski definition) is 1. The number of fused-ring (bicyclic) bond motifs is 3. The first kappa shape index (κ1) is 17.9. The molecular formula is C21H19ClN2O3S. The Labute approximate surface area is 168 Å². The number of anilines is 1. The van der Waals surface area contributed by atoms with E-state index in [-0.39, 0.29) is 17.2 Å². The van der Waals surface area contributed by atoms with Crippen LogP contribution in [-0.2, 0) is 40.2 Å². The van der Waals surface area contributed by atoms with Crippen LogP contribution in [0.15, 0.2) is 33.5 Å². The van der Waals surface area contributed by atoms with Gasteiger partial charge in [-0.2, -0.15) is 4.36 Å². The highest BCUT2D eigenvalue weighted by atomic mass is 35.5. The Kier molecular flexibility index (Phi) is 4.10. The summed E-state index contributed by atoms with van der Waals surface area (Å²) in [6.45, 7) is 0. The smallest absolute Gasteiger partial charge is 0.286 e. The van der Waals surface area contributed by atoms with Crippen molar-refractivity contribution >= 4 is 38.8 Å². The minimum atomic E-state index is -3.12. The van der Waals surface area contributed by atoms with Crippen LogP contribution in [0.3, 0.4) is 0 Å². The van der Waals surface area contributed by atoms with Gasteiger partial charge in [0, 0.05) is 10.7 Å². The summed E-state index contributed by atoms with van der Waals surface area (Å²) in [6.07, 6.45) is 6.18. The molecule has 0 spiro atoms. The lowest BCUT2D eigenvalue weighted by Crippen LogP contribution is -2.23. The van der Waals surface area contributed by atoms with Crippen molar-refractivity contribution in [2.24, 2.45) is 4.36 Å². The highest BCUT2D eigenvalue weighted by Gasteiger charge is 2.32. The molecule has 3 aliphatic rings. The minimum Gasteiger partial charge on any atom is -0.325 e. The first-order valence-electron chi connectivity index (χ1n) is 9.50. The number of nitrogens with one attached hydrogen (secondary N) is 1. The van der Waals surface area contributed by atoms with Crippen LogP contribution < -0.4 is 5.32 Å². The summed E-state index contributed by atoms with van der Waals surface area (Å²) in [5.74, 6) is -1.26. The second-order valence-electron chi connectivity index (χ2n) is 7.60. The fraction of sp³-hybridized carbons (Fsp3) is 0.333. The predicted octanol–water partition coefficient (Wildman–Crippen LogP) is 3.94. The van der Waals surface area contributed by atoms with Crippen LogP contribution in [0.1, 0.15) is 45.5 Å². The minimum absolute atomic E-state index is 0.229. The molecule has 0 saturated heterocycles. The van der Waals surface area contributed by atoms with E-state index in [0.29, 0.717) is 9.92 Å². The molecule has 5 rings (SSSR count). The van der Waals surface area contributed by atoms with E-state index in [1.165, 1.54) is 28.3 Å². The number of benzene rings is 2. The summed E-state index contributed by atoms with van der Waals surface area (Å²) >= 11 is 5.94. The lowest BCUT2D eigenvalue weighted by molar-refractivity contribution is -0.113. The lowest BCUT2D eigenvalue weighted by atomic mass is 9.98. The first-order valence-corrected chi connectivity index (χ1v) is 11.6. The van der Waals surface area contributed by atoms with E-state index >= 15 is 0 Å². The molecule has 1 N–H and O–H groups in total. The Morgan fingerprint density at radius 1 is 1.07 bits per heavy atom. The molecule has 0 saturated carbocycles. The Morgan fingerprint density at radius 2 is 1.75 bits per heavy atom. The second-order valence-corrected chi connectivity index (χ2v) is 10.2. The summed E-state index contributed by atoms with van der Waals surface area (Å²) in [5, 5.41) is 3.42. The maximum atomic E-state index is 13.3. The Hall–Kier alpha value is -2.18. The molecule has 2 aliphatic carbocycles. The van der Waals surface area contributed by atoms with Gasteiger partial charge in [-0.1, -0.05) is 17.7 Å². The molecule has 1 atom stereocenters. The van der Waals surface area contributed by atoms with E-state index < -0.39 is 15.6 Å². The van der Waals surface area contributed by atoms with Crippen molar-refractivity contribution in [2.75, 3.05) is 11.1 Å². The molecule has 28 heavy (non-hydrogen) atoms. The molecule has 1 aliphatic heterocycles. The second kappa shape index (κ2) is 6.42. The number of carbonyl (C=O) groups excluding carboxylic acids is 2. The number of halogens is 1. The number of rotatable bonds is 3. The fourth-order valence-corrected chi connectivity index (χ4v) is 6.66. The predicted molar refractivity (Wildman–Crippen MR) is 109 cm³/mol. The van der Waals surface area contributed by atoms with Crippen molar-refractivity contribution in [3.05, 3.63) is 57.1 Å². The molecule has 2 aromatic rings. The molecular weight excluding hydrogens is 396 g/mol. The van der Waals surface area contributed by atoms with E-state index in [2.05, 4.69) is 15.7 Å². The van der Waals surface area contributed by atoms with Crippen LogP contribution in [0.4, 0.5) is 5.69 Å². The van der Waals surface area contributed by atoms with Gasteiger partial charge in [-0.15, -0.1) is 0 Å². The van der Waals surface area contributed by atoms with Crippen LogP contribution in [-0.4, -0.2) is 21.8 Å². The molecule has 1 unspecified atom stereocenters. The zero-order chi connectivity index (χ0) is 19.5. The van der Waals surface area contributed by atoms with E-state index in [9.17, 15) is 13.8 Å². The Bertz CT molecular complexity index is 1150. The third-order valence-corrected chi connectivity index (χ3v) is 8.20. The Morgan fingerprint density at radius 3 is 2.43 bits per heavy atom. The molecule has 7 heteroatoms. The lowest BCUT2D eigenvalue weighted by Gasteiger charge is -2.16. The average Bonchev–Trinajstić information content (AvgIpc) is 3.34. The molecule has 5 nitrogen and oxygen atoms in total. The van der Waals surface area contributed by atoms with Gasteiger partial charge in [-0.25, -0.2) is 4.21 Å². The van der Waals surface area contributed by atoms with Gasteiger partial charge in [0.15, 0.2) is 0 Å². The van der Waals surface area contributed by atoms with Gasteiger partial charge in [0.25, 0.3) is 5.91 Å². The van der Waals surface area contributed by atoms with Gasteiger partial charge in [0.05, 0.1) is 20.2 Å². The largest absolute Gasteiger partial charge is 0.325 e. The van der Waals surface area contributed by atoms with Gasteiger partial charge < -0.3 is 5.32 Å². The average molecular weight is 415 g/mol. The fourth-order valence-electron chi connectivity index (χ4n) is 4.61. The topological polar surface area (TPSA) is 75.6 Å². The number of aryl methyl sites for hydroxylation is 2. The van der Waals surface area contributed by atoms with E-state index in [1.54, 1.807) is 12.1 Å². The highest BCUT2D eigenvalue weighted by molar-refractivity contribution is 7.95. The van der Waals surface area contributed by atoms with Crippen molar-refractivity contribution < 1.29 is 13.8 Å². The standard InChI is InChI=1S/C21H19ClN2O3S/c22-14-7-8-18-17(10-14)21(26)24-28(18,27)11-19(25)23-20-15-5-1-3-12(15)9-13-4-2-6-16(13)20/h7-10H,1-6,11H2,(H,23,25). The SMILES string of the molecule is O=C(CS1(=O)=NC(=O)c2cc(Cl)ccc21)Nc1c2c(cc3c1CCC3)CCC2. The molecule has 0 bridgehead atoms. The number of carbonyl (C=O) groups is 2. The zero-order valence-corrected chi connectivity index (χ0v) is 16.8. The van der Waals surface area contributed by atoms with Gasteiger partial charge >= 0.3 is 0 Å². The van der Waals surface area contributed by atoms with Crippen molar-refractivity contribution in [1.29, 1.82) is 0 Å². The Balaban J connectivity index is 1.47. The molecule has 1 heterocycles. The molecule has 0 radical (unpaired) electrons.